The second-order valence-corrected chi connectivity index (χ2v) is 6.05. The highest BCUT2D eigenvalue weighted by molar-refractivity contribution is 7.89. The van der Waals surface area contributed by atoms with E-state index in [2.05, 4.69) is 0 Å². The van der Waals surface area contributed by atoms with Crippen molar-refractivity contribution in [2.45, 2.75) is 25.4 Å². The Kier molecular flexibility index (Phi) is 3.43. The van der Waals surface area contributed by atoms with Crippen molar-refractivity contribution in [2.24, 2.45) is 0 Å². The number of nitrogens with zero attached hydrogens (tertiary/aromatic N) is 1. The lowest BCUT2D eigenvalue weighted by Crippen LogP contribution is -2.38. The van der Waals surface area contributed by atoms with Crippen LogP contribution >= 0.6 is 0 Å². The second-order valence-electron chi connectivity index (χ2n) is 4.03. The molecule has 2 aliphatic rings. The molecule has 0 spiro atoms. The van der Waals surface area contributed by atoms with Gasteiger partial charge >= 0.3 is 0 Å². The van der Waals surface area contributed by atoms with Gasteiger partial charge in [0.25, 0.3) is 0 Å². The Hall–Kier alpha value is -0.390. The number of sulfonamides is 1. The van der Waals surface area contributed by atoms with Crippen LogP contribution in [-0.2, 0) is 14.8 Å². The number of hydrogen-bond acceptors (Lipinski definition) is 3. The van der Waals surface area contributed by atoms with Gasteiger partial charge in [0.05, 0.1) is 11.9 Å². The van der Waals surface area contributed by atoms with Crippen molar-refractivity contribution < 1.29 is 13.2 Å². The number of rotatable bonds is 3. The van der Waals surface area contributed by atoms with Crippen LogP contribution in [0, 0.1) is 0 Å². The van der Waals surface area contributed by atoms with Gasteiger partial charge in [0.1, 0.15) is 0 Å². The monoisotopic (exact) mass is 231 g/mol. The Morgan fingerprint density at radius 3 is 2.87 bits per heavy atom. The first kappa shape index (κ1) is 11.1. The Bertz CT molecular complexity index is 331. The minimum absolute atomic E-state index is 0.0825. The standard InChI is InChI=1S/C10H17NO3S/c12-15(13,9-10-5-4-8-14-10)11-6-2-1-3-7-11/h1-2,10H,3-9H2. The first-order valence-corrected chi connectivity index (χ1v) is 7.04. The molecule has 4 nitrogen and oxygen atoms in total. The van der Waals surface area contributed by atoms with E-state index in [1.807, 2.05) is 12.2 Å². The van der Waals surface area contributed by atoms with Crippen LogP contribution in [0.15, 0.2) is 12.2 Å². The molecule has 0 N–H and O–H groups in total. The third kappa shape index (κ3) is 2.80. The van der Waals surface area contributed by atoms with Gasteiger partial charge in [0.2, 0.25) is 10.0 Å². The predicted octanol–water partition coefficient (Wildman–Crippen LogP) is 0.757. The first-order valence-electron chi connectivity index (χ1n) is 5.43. The molecule has 86 valence electrons. The molecule has 0 aliphatic carbocycles. The molecule has 0 aromatic heterocycles. The predicted molar refractivity (Wildman–Crippen MR) is 58.1 cm³/mol. The Balaban J connectivity index is 1.96. The van der Waals surface area contributed by atoms with E-state index in [1.54, 1.807) is 4.31 Å². The lowest BCUT2D eigenvalue weighted by atomic mass is 10.3. The molecule has 1 saturated heterocycles. The SMILES string of the molecule is O=S(=O)(CC1CCCO1)N1CC=CCC1. The van der Waals surface area contributed by atoms with E-state index in [0.717, 1.165) is 19.3 Å². The second kappa shape index (κ2) is 4.63. The zero-order valence-corrected chi connectivity index (χ0v) is 9.58. The quantitative estimate of drug-likeness (QED) is 0.674. The minimum Gasteiger partial charge on any atom is -0.377 e. The molecule has 1 atom stereocenters. The van der Waals surface area contributed by atoms with Crippen LogP contribution in [0.1, 0.15) is 19.3 Å². The van der Waals surface area contributed by atoms with Gasteiger partial charge in [-0.25, -0.2) is 8.42 Å². The molecule has 0 aromatic carbocycles. The molecule has 15 heavy (non-hydrogen) atoms. The Labute approximate surface area is 91.0 Å². The van der Waals surface area contributed by atoms with E-state index in [0.29, 0.717) is 19.7 Å². The fourth-order valence-corrected chi connectivity index (χ4v) is 3.63. The van der Waals surface area contributed by atoms with Crippen molar-refractivity contribution in [1.82, 2.24) is 4.31 Å². The molecular formula is C10H17NO3S. The topological polar surface area (TPSA) is 46.6 Å². The van der Waals surface area contributed by atoms with Crippen LogP contribution in [0.4, 0.5) is 0 Å². The van der Waals surface area contributed by atoms with Gasteiger partial charge in [-0.2, -0.15) is 4.31 Å². The summed E-state index contributed by atoms with van der Waals surface area (Å²) in [5.41, 5.74) is 0. The van der Waals surface area contributed by atoms with E-state index in [9.17, 15) is 8.42 Å². The van der Waals surface area contributed by atoms with Gasteiger partial charge < -0.3 is 4.74 Å². The number of ether oxygens (including phenoxy) is 1. The third-order valence-corrected chi connectivity index (χ3v) is 4.75. The number of hydrogen-bond donors (Lipinski definition) is 0. The summed E-state index contributed by atoms with van der Waals surface area (Å²) in [4.78, 5) is 0. The van der Waals surface area contributed by atoms with Crippen molar-refractivity contribution >= 4 is 10.0 Å². The van der Waals surface area contributed by atoms with Gasteiger partial charge in [-0.1, -0.05) is 12.2 Å². The van der Waals surface area contributed by atoms with Crippen LogP contribution < -0.4 is 0 Å². The molecule has 0 aromatic rings. The maximum atomic E-state index is 12.0. The normalized spacial score (nSPS) is 28.4. The van der Waals surface area contributed by atoms with Gasteiger partial charge in [-0.3, -0.25) is 0 Å². The third-order valence-electron chi connectivity index (χ3n) is 2.83. The van der Waals surface area contributed by atoms with Crippen molar-refractivity contribution in [3.05, 3.63) is 12.2 Å². The average molecular weight is 231 g/mol. The highest BCUT2D eigenvalue weighted by Gasteiger charge is 2.28. The summed E-state index contributed by atoms with van der Waals surface area (Å²) >= 11 is 0. The molecule has 0 bridgehead atoms. The lowest BCUT2D eigenvalue weighted by molar-refractivity contribution is 0.126. The molecule has 2 heterocycles. The zero-order chi connectivity index (χ0) is 10.7. The molecule has 1 fully saturated rings. The van der Waals surface area contributed by atoms with Gasteiger partial charge in [0.15, 0.2) is 0 Å². The van der Waals surface area contributed by atoms with Crippen LogP contribution in [0.5, 0.6) is 0 Å². The van der Waals surface area contributed by atoms with Crippen molar-refractivity contribution in [3.63, 3.8) is 0 Å². The molecule has 2 rings (SSSR count). The molecule has 0 saturated carbocycles. The summed E-state index contributed by atoms with van der Waals surface area (Å²) in [5.74, 6) is 0.154. The summed E-state index contributed by atoms with van der Waals surface area (Å²) in [6, 6.07) is 0. The molecule has 0 radical (unpaired) electrons. The molecule has 0 amide bonds. The molecule has 5 heteroatoms. The Morgan fingerprint density at radius 1 is 1.40 bits per heavy atom. The van der Waals surface area contributed by atoms with Crippen LogP contribution in [0.3, 0.4) is 0 Å². The fraction of sp³-hybridized carbons (Fsp3) is 0.800. The van der Waals surface area contributed by atoms with Gasteiger partial charge in [-0.05, 0) is 19.3 Å². The lowest BCUT2D eigenvalue weighted by Gasteiger charge is -2.24. The summed E-state index contributed by atoms with van der Waals surface area (Å²) in [6.45, 7) is 1.85. The summed E-state index contributed by atoms with van der Waals surface area (Å²) in [5, 5.41) is 0. The van der Waals surface area contributed by atoms with Crippen molar-refractivity contribution in [2.75, 3.05) is 25.4 Å². The largest absolute Gasteiger partial charge is 0.377 e. The van der Waals surface area contributed by atoms with Gasteiger partial charge in [-0.15, -0.1) is 0 Å². The molecule has 2 aliphatic heterocycles. The van der Waals surface area contributed by atoms with E-state index < -0.39 is 10.0 Å². The van der Waals surface area contributed by atoms with Crippen molar-refractivity contribution in [1.29, 1.82) is 0 Å². The summed E-state index contributed by atoms with van der Waals surface area (Å²) in [7, 11) is -3.11. The molecule has 1 unspecified atom stereocenters. The fourth-order valence-electron chi connectivity index (χ4n) is 1.99. The van der Waals surface area contributed by atoms with Crippen LogP contribution in [0.25, 0.3) is 0 Å². The highest BCUT2D eigenvalue weighted by atomic mass is 32.2. The smallest absolute Gasteiger partial charge is 0.216 e. The van der Waals surface area contributed by atoms with E-state index >= 15 is 0 Å². The first-order chi connectivity index (χ1) is 7.18. The van der Waals surface area contributed by atoms with Crippen molar-refractivity contribution in [3.8, 4) is 0 Å². The van der Waals surface area contributed by atoms with Crippen LogP contribution in [0.2, 0.25) is 0 Å². The van der Waals surface area contributed by atoms with Crippen LogP contribution in [-0.4, -0.2) is 44.3 Å². The minimum atomic E-state index is -3.11. The maximum absolute atomic E-state index is 12.0. The molecular weight excluding hydrogens is 214 g/mol. The average Bonchev–Trinajstić information content (AvgIpc) is 2.71. The van der Waals surface area contributed by atoms with Gasteiger partial charge in [0, 0.05) is 19.7 Å². The summed E-state index contributed by atoms with van der Waals surface area (Å²) < 4.78 is 30.8. The van der Waals surface area contributed by atoms with E-state index in [4.69, 9.17) is 4.74 Å². The van der Waals surface area contributed by atoms with E-state index in [-0.39, 0.29) is 11.9 Å². The maximum Gasteiger partial charge on any atom is 0.216 e. The van der Waals surface area contributed by atoms with E-state index in [1.165, 1.54) is 0 Å². The highest BCUT2D eigenvalue weighted by Crippen LogP contribution is 2.17. The zero-order valence-electron chi connectivity index (χ0n) is 8.76. The Morgan fingerprint density at radius 2 is 2.27 bits per heavy atom. The summed E-state index contributed by atoms with van der Waals surface area (Å²) in [6.07, 6.45) is 6.54.